The lowest BCUT2D eigenvalue weighted by molar-refractivity contribution is -0.148. The molecule has 1 aromatic carbocycles. The lowest BCUT2D eigenvalue weighted by Crippen LogP contribution is -2.49. The number of amides is 1. The Morgan fingerprint density at radius 1 is 1.07 bits per heavy atom. The first kappa shape index (κ1) is 22.7. The van der Waals surface area contributed by atoms with E-state index >= 15 is 0 Å². The van der Waals surface area contributed by atoms with Crippen LogP contribution in [-0.4, -0.2) is 54.0 Å². The predicted octanol–water partition coefficient (Wildman–Crippen LogP) is 3.43. The third kappa shape index (κ3) is 6.75. The van der Waals surface area contributed by atoms with Crippen molar-refractivity contribution < 1.29 is 18.7 Å². The molecule has 0 aliphatic carbocycles. The van der Waals surface area contributed by atoms with Gasteiger partial charge in [0.15, 0.2) is 0 Å². The van der Waals surface area contributed by atoms with E-state index in [1.807, 2.05) is 56.0 Å². The number of hydrogen-bond donors (Lipinski definition) is 0. The highest BCUT2D eigenvalue weighted by Crippen LogP contribution is 2.14. The maximum Gasteiger partial charge on any atom is 0.322 e. The van der Waals surface area contributed by atoms with Crippen LogP contribution in [-0.2, 0) is 27.3 Å². The summed E-state index contributed by atoms with van der Waals surface area (Å²) in [6, 6.07) is 13.4. The average Bonchev–Trinajstić information content (AvgIpc) is 3.13. The molecule has 2 rings (SSSR count). The number of aryl methyl sites for hydroxylation is 1. The standard InChI is InChI=1S/C23H32N2O4/c1-17(2)25(19(4)23(27)28-5)16-22(26)24(15-21-12-11-18(3)29-21)14-13-20-9-7-6-8-10-20/h6-12,17,19H,13-16H2,1-5H3/t19-/m1/s1. The molecule has 0 aliphatic rings. The average molecular weight is 401 g/mol. The highest BCUT2D eigenvalue weighted by molar-refractivity contribution is 5.80. The number of furan rings is 1. The zero-order valence-electron chi connectivity index (χ0n) is 18.1. The normalized spacial score (nSPS) is 12.2. The smallest absolute Gasteiger partial charge is 0.322 e. The highest BCUT2D eigenvalue weighted by atomic mass is 16.5. The lowest BCUT2D eigenvalue weighted by Gasteiger charge is -2.32. The Kier molecular flexibility index (Phi) is 8.46. The fraction of sp³-hybridized carbons (Fsp3) is 0.478. The molecular weight excluding hydrogens is 368 g/mol. The van der Waals surface area contributed by atoms with Gasteiger partial charge >= 0.3 is 5.97 Å². The van der Waals surface area contributed by atoms with E-state index in [0.717, 1.165) is 17.9 Å². The van der Waals surface area contributed by atoms with Gasteiger partial charge in [0, 0.05) is 12.6 Å². The van der Waals surface area contributed by atoms with Gasteiger partial charge in [-0.15, -0.1) is 0 Å². The third-order valence-corrected chi connectivity index (χ3v) is 5.03. The van der Waals surface area contributed by atoms with Crippen molar-refractivity contribution in [3.05, 3.63) is 59.5 Å². The number of rotatable bonds is 10. The van der Waals surface area contributed by atoms with Crippen LogP contribution in [0.3, 0.4) is 0 Å². The maximum atomic E-state index is 13.2. The van der Waals surface area contributed by atoms with Gasteiger partial charge in [0.1, 0.15) is 17.6 Å². The van der Waals surface area contributed by atoms with Crippen LogP contribution < -0.4 is 0 Å². The van der Waals surface area contributed by atoms with E-state index in [4.69, 9.17) is 9.15 Å². The molecule has 29 heavy (non-hydrogen) atoms. The first-order chi connectivity index (χ1) is 13.8. The minimum absolute atomic E-state index is 0.0230. The van der Waals surface area contributed by atoms with E-state index < -0.39 is 6.04 Å². The van der Waals surface area contributed by atoms with Gasteiger partial charge in [0.2, 0.25) is 5.91 Å². The van der Waals surface area contributed by atoms with Crippen LogP contribution in [0.2, 0.25) is 0 Å². The fourth-order valence-electron chi connectivity index (χ4n) is 3.29. The molecule has 0 fully saturated rings. The molecular formula is C23H32N2O4. The predicted molar refractivity (Wildman–Crippen MR) is 112 cm³/mol. The third-order valence-electron chi connectivity index (χ3n) is 5.03. The van der Waals surface area contributed by atoms with Crippen molar-refractivity contribution in [1.82, 2.24) is 9.80 Å². The number of hydrogen-bond acceptors (Lipinski definition) is 5. The Morgan fingerprint density at radius 3 is 2.31 bits per heavy atom. The van der Waals surface area contributed by atoms with Crippen LogP contribution in [0.15, 0.2) is 46.9 Å². The zero-order chi connectivity index (χ0) is 21.4. The van der Waals surface area contributed by atoms with Crippen molar-refractivity contribution in [2.24, 2.45) is 0 Å². The summed E-state index contributed by atoms with van der Waals surface area (Å²) in [5.41, 5.74) is 1.17. The molecule has 0 unspecified atom stereocenters. The fourth-order valence-corrected chi connectivity index (χ4v) is 3.29. The molecule has 0 spiro atoms. The van der Waals surface area contributed by atoms with E-state index in [2.05, 4.69) is 12.1 Å². The first-order valence-corrected chi connectivity index (χ1v) is 10.0. The Balaban J connectivity index is 2.13. The molecule has 1 heterocycles. The molecule has 0 saturated carbocycles. The van der Waals surface area contributed by atoms with Gasteiger partial charge in [0.05, 0.1) is 20.2 Å². The van der Waals surface area contributed by atoms with E-state index in [1.165, 1.54) is 12.7 Å². The second-order valence-electron chi connectivity index (χ2n) is 7.53. The lowest BCUT2D eigenvalue weighted by atomic mass is 10.1. The van der Waals surface area contributed by atoms with Crippen molar-refractivity contribution in [3.8, 4) is 0 Å². The van der Waals surface area contributed by atoms with Gasteiger partial charge in [-0.1, -0.05) is 30.3 Å². The molecule has 1 atom stereocenters. The molecule has 158 valence electrons. The van der Waals surface area contributed by atoms with Crippen molar-refractivity contribution in [2.75, 3.05) is 20.2 Å². The summed E-state index contributed by atoms with van der Waals surface area (Å²) in [7, 11) is 1.37. The van der Waals surface area contributed by atoms with Crippen LogP contribution in [0.5, 0.6) is 0 Å². The summed E-state index contributed by atoms with van der Waals surface area (Å²) in [5.74, 6) is 1.18. The Bertz CT molecular complexity index is 785. The Hall–Kier alpha value is -2.60. The monoisotopic (exact) mass is 400 g/mol. The van der Waals surface area contributed by atoms with Gasteiger partial charge in [-0.3, -0.25) is 14.5 Å². The second-order valence-corrected chi connectivity index (χ2v) is 7.53. The summed E-state index contributed by atoms with van der Waals surface area (Å²) in [4.78, 5) is 28.9. The van der Waals surface area contributed by atoms with Gasteiger partial charge in [-0.25, -0.2) is 0 Å². The second kappa shape index (κ2) is 10.8. The molecule has 6 heteroatoms. The largest absolute Gasteiger partial charge is 0.468 e. The van der Waals surface area contributed by atoms with Gasteiger partial charge in [-0.05, 0) is 51.8 Å². The molecule has 1 aromatic heterocycles. The van der Waals surface area contributed by atoms with Crippen molar-refractivity contribution >= 4 is 11.9 Å². The van der Waals surface area contributed by atoms with Crippen LogP contribution in [0.25, 0.3) is 0 Å². The van der Waals surface area contributed by atoms with E-state index in [9.17, 15) is 9.59 Å². The number of carbonyl (C=O) groups excluding carboxylic acids is 2. The van der Waals surface area contributed by atoms with Crippen LogP contribution in [0, 0.1) is 6.92 Å². The van der Waals surface area contributed by atoms with Gasteiger partial charge < -0.3 is 14.1 Å². The molecule has 2 aromatic rings. The van der Waals surface area contributed by atoms with Gasteiger partial charge in [0.25, 0.3) is 0 Å². The molecule has 6 nitrogen and oxygen atoms in total. The highest BCUT2D eigenvalue weighted by Gasteiger charge is 2.28. The van der Waals surface area contributed by atoms with Gasteiger partial charge in [-0.2, -0.15) is 0 Å². The molecule has 0 bridgehead atoms. The van der Waals surface area contributed by atoms with Crippen LogP contribution in [0.1, 0.15) is 37.9 Å². The number of esters is 1. The molecule has 1 amide bonds. The number of methoxy groups -OCH3 is 1. The zero-order valence-corrected chi connectivity index (χ0v) is 18.1. The number of ether oxygens (including phenoxy) is 1. The number of carbonyl (C=O) groups is 2. The minimum atomic E-state index is -0.495. The summed E-state index contributed by atoms with van der Waals surface area (Å²) in [6.45, 7) is 8.71. The first-order valence-electron chi connectivity index (χ1n) is 10.0. The quantitative estimate of drug-likeness (QED) is 0.572. The minimum Gasteiger partial charge on any atom is -0.468 e. The summed E-state index contributed by atoms with van der Waals surface area (Å²) >= 11 is 0. The van der Waals surface area contributed by atoms with Crippen molar-refractivity contribution in [2.45, 2.75) is 52.7 Å². The van der Waals surface area contributed by atoms with E-state index in [-0.39, 0.29) is 24.5 Å². The van der Waals surface area contributed by atoms with Crippen LogP contribution in [0.4, 0.5) is 0 Å². The molecule has 0 radical (unpaired) electrons. The Labute approximate surface area is 173 Å². The SMILES string of the molecule is COC(=O)[C@@H](C)N(CC(=O)N(CCc1ccccc1)Cc1ccc(C)o1)C(C)C. The van der Waals surface area contributed by atoms with Crippen LogP contribution >= 0.6 is 0 Å². The maximum absolute atomic E-state index is 13.2. The topological polar surface area (TPSA) is 63.0 Å². The summed E-state index contributed by atoms with van der Waals surface area (Å²) in [5, 5.41) is 0. The van der Waals surface area contributed by atoms with E-state index in [1.54, 1.807) is 11.8 Å². The molecule has 0 aliphatic heterocycles. The Morgan fingerprint density at radius 2 is 1.76 bits per heavy atom. The molecule has 0 saturated heterocycles. The van der Waals surface area contributed by atoms with Crippen molar-refractivity contribution in [3.63, 3.8) is 0 Å². The number of nitrogens with zero attached hydrogens (tertiary/aromatic N) is 2. The molecule has 0 N–H and O–H groups in total. The van der Waals surface area contributed by atoms with Crippen molar-refractivity contribution in [1.29, 1.82) is 0 Å². The summed E-state index contributed by atoms with van der Waals surface area (Å²) < 4.78 is 10.6. The van der Waals surface area contributed by atoms with E-state index in [0.29, 0.717) is 13.1 Å². The number of benzene rings is 1. The summed E-state index contributed by atoms with van der Waals surface area (Å²) in [6.07, 6.45) is 0.751.